The van der Waals surface area contributed by atoms with Crippen molar-refractivity contribution in [2.75, 3.05) is 13.1 Å². The fraction of sp³-hybridized carbons (Fsp3) is 0.800. The Bertz CT molecular complexity index is 358. The predicted octanol–water partition coefficient (Wildman–Crippen LogP) is 1.72. The van der Waals surface area contributed by atoms with Gasteiger partial charge < -0.3 is 9.84 Å². The molecule has 0 spiro atoms. The van der Waals surface area contributed by atoms with Gasteiger partial charge in [-0.3, -0.25) is 0 Å². The van der Waals surface area contributed by atoms with Gasteiger partial charge in [0.2, 0.25) is 5.89 Å². The van der Waals surface area contributed by atoms with Crippen LogP contribution < -0.4 is 5.32 Å². The number of rotatable bonds is 3. The van der Waals surface area contributed by atoms with Crippen molar-refractivity contribution in [2.24, 2.45) is 5.92 Å². The number of halogens is 3. The average Bonchev–Trinajstić information content (AvgIpc) is 2.64. The highest BCUT2D eigenvalue weighted by molar-refractivity contribution is 4.91. The van der Waals surface area contributed by atoms with E-state index in [1.807, 2.05) is 0 Å². The summed E-state index contributed by atoms with van der Waals surface area (Å²) in [5, 5.41) is 6.81. The molecule has 0 radical (unpaired) electrons. The number of hydrogen-bond acceptors (Lipinski definition) is 4. The van der Waals surface area contributed by atoms with Crippen LogP contribution in [0.3, 0.4) is 0 Å². The molecule has 1 aliphatic heterocycles. The summed E-state index contributed by atoms with van der Waals surface area (Å²) in [5.74, 6) is 0.411. The minimum Gasteiger partial charge on any atom is -0.339 e. The molecule has 0 amide bonds. The van der Waals surface area contributed by atoms with E-state index in [-0.39, 0.29) is 5.89 Å². The highest BCUT2D eigenvalue weighted by Crippen LogP contribution is 2.21. The van der Waals surface area contributed by atoms with Crippen molar-refractivity contribution >= 4 is 0 Å². The molecule has 96 valence electrons. The summed E-state index contributed by atoms with van der Waals surface area (Å²) in [6.45, 7) is 1.87. The average molecular weight is 249 g/mol. The number of nitrogens with zero attached hydrogens (tertiary/aromatic N) is 2. The van der Waals surface area contributed by atoms with E-state index in [2.05, 4.69) is 20.0 Å². The molecule has 1 saturated heterocycles. The first-order valence-corrected chi connectivity index (χ1v) is 5.62. The monoisotopic (exact) mass is 249 g/mol. The molecule has 17 heavy (non-hydrogen) atoms. The topological polar surface area (TPSA) is 51.0 Å². The van der Waals surface area contributed by atoms with E-state index in [9.17, 15) is 13.2 Å². The highest BCUT2D eigenvalue weighted by Gasteiger charge is 2.31. The third-order valence-electron chi connectivity index (χ3n) is 2.73. The molecule has 7 heteroatoms. The van der Waals surface area contributed by atoms with Crippen LogP contribution in [0.1, 0.15) is 24.6 Å². The van der Waals surface area contributed by atoms with Gasteiger partial charge in [0.05, 0.1) is 0 Å². The predicted molar refractivity (Wildman–Crippen MR) is 53.4 cm³/mol. The number of hydrogen-bond donors (Lipinski definition) is 1. The summed E-state index contributed by atoms with van der Waals surface area (Å²) in [6, 6.07) is 0. The normalized spacial score (nSPS) is 21.7. The van der Waals surface area contributed by atoms with E-state index in [4.69, 9.17) is 0 Å². The molecule has 1 atom stereocenters. The maximum Gasteiger partial charge on any atom is 0.397 e. The summed E-state index contributed by atoms with van der Waals surface area (Å²) < 4.78 is 40.8. The summed E-state index contributed by atoms with van der Waals surface area (Å²) in [6.07, 6.45) is -2.73. The zero-order chi connectivity index (χ0) is 12.3. The van der Waals surface area contributed by atoms with Crippen LogP contribution in [0.2, 0.25) is 0 Å². The molecule has 1 aliphatic rings. The van der Waals surface area contributed by atoms with Gasteiger partial charge in [0.15, 0.2) is 5.82 Å². The largest absolute Gasteiger partial charge is 0.397 e. The van der Waals surface area contributed by atoms with Gasteiger partial charge in [-0.2, -0.15) is 18.2 Å². The molecule has 0 aliphatic carbocycles. The minimum absolute atomic E-state index is 0.351. The molecule has 1 unspecified atom stereocenters. The zero-order valence-electron chi connectivity index (χ0n) is 9.26. The second kappa shape index (κ2) is 5.03. The number of aromatic nitrogens is 2. The van der Waals surface area contributed by atoms with E-state index in [0.717, 1.165) is 25.9 Å². The molecule has 2 rings (SSSR count). The summed E-state index contributed by atoms with van der Waals surface area (Å²) in [5.41, 5.74) is 0. The Morgan fingerprint density at radius 3 is 2.88 bits per heavy atom. The fourth-order valence-electron chi connectivity index (χ4n) is 1.97. The minimum atomic E-state index is -4.30. The Hall–Kier alpha value is -1.11. The van der Waals surface area contributed by atoms with Crippen LogP contribution in [0.25, 0.3) is 0 Å². The lowest BCUT2D eigenvalue weighted by molar-refractivity contribution is -0.131. The van der Waals surface area contributed by atoms with E-state index in [1.165, 1.54) is 0 Å². The molecule has 2 heterocycles. The van der Waals surface area contributed by atoms with Gasteiger partial charge in [0, 0.05) is 6.42 Å². The Balaban J connectivity index is 1.89. The standard InChI is InChI=1S/C10H14F3N3O/c11-10(12,13)5-9-15-8(16-17-9)4-7-2-1-3-14-6-7/h7,14H,1-6H2. The van der Waals surface area contributed by atoms with Gasteiger partial charge in [-0.15, -0.1) is 0 Å². The van der Waals surface area contributed by atoms with Crippen molar-refractivity contribution in [3.8, 4) is 0 Å². The van der Waals surface area contributed by atoms with Gasteiger partial charge in [-0.25, -0.2) is 0 Å². The smallest absolute Gasteiger partial charge is 0.339 e. The molecule has 1 fully saturated rings. The van der Waals surface area contributed by atoms with Crippen LogP contribution in [-0.2, 0) is 12.8 Å². The first-order chi connectivity index (χ1) is 8.03. The third-order valence-corrected chi connectivity index (χ3v) is 2.73. The quantitative estimate of drug-likeness (QED) is 0.886. The lowest BCUT2D eigenvalue weighted by Gasteiger charge is -2.20. The Morgan fingerprint density at radius 1 is 1.41 bits per heavy atom. The zero-order valence-corrected chi connectivity index (χ0v) is 9.26. The van der Waals surface area contributed by atoms with Gasteiger partial charge in [0.25, 0.3) is 0 Å². The lowest BCUT2D eigenvalue weighted by atomic mass is 9.96. The summed E-state index contributed by atoms with van der Waals surface area (Å²) in [7, 11) is 0. The van der Waals surface area contributed by atoms with Crippen molar-refractivity contribution in [1.82, 2.24) is 15.5 Å². The Labute approximate surface area is 96.6 Å². The van der Waals surface area contributed by atoms with E-state index < -0.39 is 12.6 Å². The molecule has 1 aromatic heterocycles. The first-order valence-electron chi connectivity index (χ1n) is 5.62. The molecule has 0 saturated carbocycles. The van der Waals surface area contributed by atoms with Crippen LogP contribution >= 0.6 is 0 Å². The third kappa shape index (κ3) is 3.99. The van der Waals surface area contributed by atoms with Crippen molar-refractivity contribution in [3.63, 3.8) is 0 Å². The van der Waals surface area contributed by atoms with E-state index in [0.29, 0.717) is 18.2 Å². The highest BCUT2D eigenvalue weighted by atomic mass is 19.4. The molecule has 4 nitrogen and oxygen atoms in total. The van der Waals surface area contributed by atoms with Crippen LogP contribution in [-0.4, -0.2) is 29.4 Å². The SMILES string of the molecule is FC(F)(F)Cc1nc(CC2CCCNC2)no1. The molecular weight excluding hydrogens is 235 g/mol. The molecular formula is C10H14F3N3O. The van der Waals surface area contributed by atoms with Gasteiger partial charge >= 0.3 is 6.18 Å². The molecule has 0 aromatic carbocycles. The van der Waals surface area contributed by atoms with Gasteiger partial charge in [0.1, 0.15) is 6.42 Å². The second-order valence-corrected chi connectivity index (χ2v) is 4.31. The second-order valence-electron chi connectivity index (χ2n) is 4.31. The van der Waals surface area contributed by atoms with Crippen LogP contribution in [0.5, 0.6) is 0 Å². The van der Waals surface area contributed by atoms with Gasteiger partial charge in [-0.1, -0.05) is 5.16 Å². The Kier molecular flexibility index (Phi) is 3.66. The van der Waals surface area contributed by atoms with Crippen LogP contribution in [0, 0.1) is 5.92 Å². The fourth-order valence-corrected chi connectivity index (χ4v) is 1.97. The molecule has 1 aromatic rings. The van der Waals surface area contributed by atoms with Gasteiger partial charge in [-0.05, 0) is 31.8 Å². The Morgan fingerprint density at radius 2 is 2.24 bits per heavy atom. The molecule has 0 bridgehead atoms. The number of nitrogens with one attached hydrogen (secondary N) is 1. The van der Waals surface area contributed by atoms with Crippen molar-refractivity contribution in [2.45, 2.75) is 31.9 Å². The van der Waals surface area contributed by atoms with Crippen molar-refractivity contribution < 1.29 is 17.7 Å². The number of alkyl halides is 3. The maximum absolute atomic E-state index is 12.1. The summed E-state index contributed by atoms with van der Waals surface area (Å²) >= 11 is 0. The van der Waals surface area contributed by atoms with Crippen LogP contribution in [0.15, 0.2) is 4.52 Å². The van der Waals surface area contributed by atoms with E-state index in [1.54, 1.807) is 0 Å². The summed E-state index contributed by atoms with van der Waals surface area (Å²) in [4.78, 5) is 3.76. The first kappa shape index (κ1) is 12.3. The lowest BCUT2D eigenvalue weighted by Crippen LogP contribution is -2.31. The van der Waals surface area contributed by atoms with Crippen molar-refractivity contribution in [1.29, 1.82) is 0 Å². The number of piperidine rings is 1. The van der Waals surface area contributed by atoms with Crippen molar-refractivity contribution in [3.05, 3.63) is 11.7 Å². The molecule has 1 N–H and O–H groups in total. The van der Waals surface area contributed by atoms with Crippen LogP contribution in [0.4, 0.5) is 13.2 Å². The maximum atomic E-state index is 12.1. The van der Waals surface area contributed by atoms with E-state index >= 15 is 0 Å².